The average Bonchev–Trinajstić information content (AvgIpc) is 2.89. The molecule has 1 nitrogen and oxygen atoms in total. The molecule has 0 aliphatic rings. The fourth-order valence-electron chi connectivity index (χ4n) is 0.877. The van der Waals surface area contributed by atoms with Crippen LogP contribution in [0, 0.1) is 13.5 Å². The van der Waals surface area contributed by atoms with E-state index in [1.807, 2.05) is 57.3 Å². The van der Waals surface area contributed by atoms with Gasteiger partial charge in [0.2, 0.25) is 0 Å². The quantitative estimate of drug-likeness (QED) is 0.576. The molecule has 0 aliphatic heterocycles. The van der Waals surface area contributed by atoms with Crippen LogP contribution < -0.4 is 0 Å². The minimum atomic E-state index is 0. The van der Waals surface area contributed by atoms with E-state index < -0.39 is 0 Å². The molecule has 0 saturated carbocycles. The first-order chi connectivity index (χ1) is 7.47. The molecule has 0 fully saturated rings. The summed E-state index contributed by atoms with van der Waals surface area (Å²) in [6, 6.07) is 10.9. The van der Waals surface area contributed by atoms with Gasteiger partial charge in [-0.25, -0.2) is 11.3 Å². The van der Waals surface area contributed by atoms with Crippen molar-refractivity contribution in [2.75, 3.05) is 0 Å². The molecule has 0 amide bonds. The number of aromatic nitrogens is 1. The van der Waals surface area contributed by atoms with Gasteiger partial charge in [-0.3, -0.25) is 0 Å². The molecule has 0 saturated heterocycles. The van der Waals surface area contributed by atoms with Crippen LogP contribution in [-0.4, -0.2) is 4.98 Å². The summed E-state index contributed by atoms with van der Waals surface area (Å²) in [5.74, 6) is 0. The van der Waals surface area contributed by atoms with Crippen molar-refractivity contribution < 1.29 is 20.1 Å². The second-order valence-corrected chi connectivity index (χ2v) is 3.03. The van der Waals surface area contributed by atoms with Crippen LogP contribution in [0.1, 0.15) is 27.7 Å². The Labute approximate surface area is 124 Å². The Morgan fingerprint density at radius 3 is 2.18 bits per heavy atom. The number of hydrogen-bond donors (Lipinski definition) is 0. The third kappa shape index (κ3) is 8.25. The molecule has 2 heterocycles. The zero-order chi connectivity index (χ0) is 11.5. The second-order valence-electron chi connectivity index (χ2n) is 2.11. The Morgan fingerprint density at radius 1 is 1.12 bits per heavy atom. The van der Waals surface area contributed by atoms with Crippen LogP contribution in [0.2, 0.25) is 0 Å². The molecule has 0 atom stereocenters. The third-order valence-electron chi connectivity index (χ3n) is 1.37. The van der Waals surface area contributed by atoms with Crippen LogP contribution in [0.4, 0.5) is 0 Å². The topological polar surface area (TPSA) is 12.9 Å². The van der Waals surface area contributed by atoms with Crippen LogP contribution in [0.3, 0.4) is 0 Å². The van der Waals surface area contributed by atoms with E-state index in [0.717, 1.165) is 10.6 Å². The van der Waals surface area contributed by atoms with Crippen molar-refractivity contribution in [2.24, 2.45) is 0 Å². The van der Waals surface area contributed by atoms with Crippen LogP contribution in [-0.2, 0) is 20.1 Å². The molecule has 0 unspecified atom stereocenters. The molecule has 2 rings (SSSR count). The van der Waals surface area contributed by atoms with Crippen LogP contribution >= 0.6 is 11.3 Å². The molecule has 0 spiro atoms. The van der Waals surface area contributed by atoms with Gasteiger partial charge in [-0.15, -0.1) is 5.38 Å². The third-order valence-corrected chi connectivity index (χ3v) is 2.20. The largest absolute Gasteiger partial charge is 0.358 e. The summed E-state index contributed by atoms with van der Waals surface area (Å²) in [5, 5.41) is 2.00. The summed E-state index contributed by atoms with van der Waals surface area (Å²) in [7, 11) is 0. The van der Waals surface area contributed by atoms with Crippen molar-refractivity contribution >= 4 is 11.3 Å². The van der Waals surface area contributed by atoms with Gasteiger partial charge in [0, 0.05) is 26.3 Å². The van der Waals surface area contributed by atoms with Gasteiger partial charge in [0.1, 0.15) is 0 Å². The maximum absolute atomic E-state index is 4.20. The number of hydrogen-bond acceptors (Lipinski definition) is 2. The summed E-state index contributed by atoms with van der Waals surface area (Å²) in [5.41, 5.74) is 1.00. The van der Waals surface area contributed by atoms with Gasteiger partial charge in [-0.1, -0.05) is 44.7 Å². The summed E-state index contributed by atoms with van der Waals surface area (Å²) in [6.45, 7) is 8.00. The van der Waals surface area contributed by atoms with Crippen molar-refractivity contribution in [3.63, 3.8) is 0 Å². The summed E-state index contributed by atoms with van der Waals surface area (Å²) < 4.78 is 0. The van der Waals surface area contributed by atoms with E-state index in [1.54, 1.807) is 17.5 Å². The fraction of sp³-hybridized carbons (Fsp3) is 0.286. The zero-order valence-electron chi connectivity index (χ0n) is 11.2. The minimum absolute atomic E-state index is 0. The van der Waals surface area contributed by atoms with Gasteiger partial charge in [0.15, 0.2) is 0 Å². The first kappa shape index (κ1) is 21.8. The molecule has 0 bridgehead atoms. The second kappa shape index (κ2) is 15.5. The van der Waals surface area contributed by atoms with Gasteiger partial charge in [0.25, 0.3) is 0 Å². The van der Waals surface area contributed by atoms with Crippen molar-refractivity contribution in [2.45, 2.75) is 27.7 Å². The van der Waals surface area contributed by atoms with Crippen molar-refractivity contribution in [1.82, 2.24) is 4.98 Å². The van der Waals surface area contributed by atoms with E-state index in [9.17, 15) is 0 Å². The van der Waals surface area contributed by atoms with E-state index >= 15 is 0 Å². The molecule has 99 valence electrons. The van der Waals surface area contributed by atoms with Crippen molar-refractivity contribution in [3.8, 4) is 10.6 Å². The van der Waals surface area contributed by atoms with E-state index in [4.69, 9.17) is 0 Å². The Morgan fingerprint density at radius 2 is 1.76 bits per heavy atom. The Hall–Kier alpha value is -0.501. The van der Waals surface area contributed by atoms with Gasteiger partial charge < -0.3 is 12.4 Å². The first-order valence-electron chi connectivity index (χ1n) is 5.33. The predicted octanol–water partition coefficient (Wildman–Crippen LogP) is 5.11. The molecular formula is C14H21IrNS-2. The van der Waals surface area contributed by atoms with Gasteiger partial charge in [0.05, 0.1) is 0 Å². The molecule has 3 heteroatoms. The molecule has 0 aliphatic carbocycles. The average molecular weight is 428 g/mol. The SMILES string of the molecule is CC.CC.[CH3-].[Ir].[c-]1ccsc1-c1ccccn1. The van der Waals surface area contributed by atoms with Crippen molar-refractivity contribution in [1.29, 1.82) is 0 Å². The predicted molar refractivity (Wildman–Crippen MR) is 75.5 cm³/mol. The summed E-state index contributed by atoms with van der Waals surface area (Å²) in [6.07, 6.45) is 1.79. The maximum atomic E-state index is 4.20. The molecule has 0 N–H and O–H groups in total. The molecule has 2 aromatic rings. The molecular weight excluding hydrogens is 406 g/mol. The molecule has 0 aromatic carbocycles. The molecule has 17 heavy (non-hydrogen) atoms. The first-order valence-corrected chi connectivity index (χ1v) is 6.21. The van der Waals surface area contributed by atoms with Crippen LogP contribution in [0.15, 0.2) is 35.8 Å². The number of nitrogens with zero attached hydrogens (tertiary/aromatic N) is 1. The van der Waals surface area contributed by atoms with E-state index in [2.05, 4.69) is 11.1 Å². The van der Waals surface area contributed by atoms with Crippen LogP contribution in [0.5, 0.6) is 0 Å². The van der Waals surface area contributed by atoms with E-state index in [1.165, 1.54) is 0 Å². The fourth-order valence-corrected chi connectivity index (χ4v) is 1.53. The minimum Gasteiger partial charge on any atom is -0.358 e. The standard InChI is InChI=1S/C9H6NS.2C2H6.CH3.Ir/c1-2-6-10-8(4-1)9-5-3-7-11-9;2*1-2;;/h1-4,6-7H;2*1-2H3;1H3;/q-1;;;-1;. The zero-order valence-corrected chi connectivity index (χ0v) is 14.4. The van der Waals surface area contributed by atoms with Gasteiger partial charge in [-0.2, -0.15) is 12.1 Å². The van der Waals surface area contributed by atoms with E-state index in [0.29, 0.717) is 0 Å². The normalized spacial score (nSPS) is 7.06. The Kier molecular flexibility index (Phi) is 19.8. The van der Waals surface area contributed by atoms with Crippen molar-refractivity contribution in [3.05, 3.63) is 49.3 Å². The Bertz CT molecular complexity index is 319. The Balaban J connectivity index is -0.000000299. The van der Waals surface area contributed by atoms with Gasteiger partial charge in [-0.05, 0) is 11.8 Å². The number of thiophene rings is 1. The van der Waals surface area contributed by atoms with Gasteiger partial charge >= 0.3 is 0 Å². The summed E-state index contributed by atoms with van der Waals surface area (Å²) >= 11 is 1.66. The monoisotopic (exact) mass is 428 g/mol. The number of rotatable bonds is 1. The smallest absolute Gasteiger partial charge is 0.0124 e. The van der Waals surface area contributed by atoms with Crippen LogP contribution in [0.25, 0.3) is 10.6 Å². The molecule has 1 radical (unpaired) electrons. The van der Waals surface area contributed by atoms with E-state index in [-0.39, 0.29) is 27.5 Å². The number of pyridine rings is 1. The maximum Gasteiger partial charge on any atom is 0.0124 e. The summed E-state index contributed by atoms with van der Waals surface area (Å²) in [4.78, 5) is 5.30. The molecule has 2 aromatic heterocycles.